The Balaban J connectivity index is 1.63. The fraction of sp³-hybridized carbons (Fsp3) is 0.394. The molecule has 0 bridgehead atoms. The van der Waals surface area contributed by atoms with Gasteiger partial charge in [0.2, 0.25) is 5.91 Å². The van der Waals surface area contributed by atoms with E-state index in [0.29, 0.717) is 18.7 Å². The molecule has 0 saturated carbocycles. The summed E-state index contributed by atoms with van der Waals surface area (Å²) in [7, 11) is 1.65. The maximum Gasteiger partial charge on any atom is 0.264 e. The first-order valence-corrected chi connectivity index (χ1v) is 13.8. The molecule has 0 aliphatic carbocycles. The number of carbonyl (C=O) groups is 2. The SMILES string of the molecule is COc1ccc(C(C)(C)[C@H]2[C@H](CCO)O[C@@]3(C(=O)N(Cc4ccccc4)c4ccc(NC(C)=O)cc43)[C@@H]2C)cc1. The van der Waals surface area contributed by atoms with E-state index in [2.05, 4.69) is 38.2 Å². The van der Waals surface area contributed by atoms with Crippen LogP contribution in [0.15, 0.2) is 72.8 Å². The number of anilines is 2. The first kappa shape index (κ1) is 27.9. The van der Waals surface area contributed by atoms with E-state index in [1.54, 1.807) is 12.0 Å². The number of aliphatic hydroxyl groups excluding tert-OH is 1. The molecule has 0 aromatic heterocycles. The number of benzene rings is 3. The third-order valence-electron chi connectivity index (χ3n) is 8.75. The van der Waals surface area contributed by atoms with E-state index in [-0.39, 0.29) is 36.4 Å². The standard InChI is InChI=1S/C33H38N2O5/c1-21-30(32(3,4)24-11-14-26(39-5)15-12-24)29(17-18-36)40-33(21)27-19-25(34-22(2)37)13-16-28(27)35(31(33)38)20-23-9-7-6-8-10-23/h6-16,19,21,29-30,36H,17-18,20H2,1-5H3,(H,34,37)/t21-,29+,30-,33+/m1/s1. The number of amides is 2. The van der Waals surface area contributed by atoms with Crippen LogP contribution in [0.5, 0.6) is 5.75 Å². The molecule has 1 saturated heterocycles. The molecular weight excluding hydrogens is 504 g/mol. The molecule has 4 atom stereocenters. The van der Waals surface area contributed by atoms with Gasteiger partial charge in [0, 0.05) is 36.6 Å². The first-order valence-electron chi connectivity index (χ1n) is 13.8. The minimum Gasteiger partial charge on any atom is -0.497 e. The molecule has 2 aliphatic rings. The van der Waals surface area contributed by atoms with E-state index < -0.39 is 11.0 Å². The van der Waals surface area contributed by atoms with Gasteiger partial charge in [-0.15, -0.1) is 0 Å². The minimum atomic E-state index is -1.26. The number of carbonyl (C=O) groups excluding carboxylic acids is 2. The molecular formula is C33H38N2O5. The van der Waals surface area contributed by atoms with Crippen molar-refractivity contribution in [1.29, 1.82) is 0 Å². The molecule has 40 heavy (non-hydrogen) atoms. The Morgan fingerprint density at radius 3 is 2.42 bits per heavy atom. The van der Waals surface area contributed by atoms with Crippen molar-refractivity contribution >= 4 is 23.2 Å². The summed E-state index contributed by atoms with van der Waals surface area (Å²) in [5.74, 6) is 0.152. The molecule has 7 heteroatoms. The third kappa shape index (κ3) is 4.57. The number of hydrogen-bond donors (Lipinski definition) is 2. The number of aliphatic hydroxyl groups is 1. The van der Waals surface area contributed by atoms with Crippen molar-refractivity contribution in [3.8, 4) is 5.75 Å². The van der Waals surface area contributed by atoms with Crippen molar-refractivity contribution in [2.45, 2.75) is 57.8 Å². The van der Waals surface area contributed by atoms with E-state index in [0.717, 1.165) is 28.1 Å². The predicted molar refractivity (Wildman–Crippen MR) is 155 cm³/mol. The summed E-state index contributed by atoms with van der Waals surface area (Å²) in [4.78, 5) is 28.3. The van der Waals surface area contributed by atoms with Gasteiger partial charge in [-0.2, -0.15) is 0 Å². The number of hydrogen-bond acceptors (Lipinski definition) is 5. The Bertz CT molecular complexity index is 1390. The second-order valence-corrected chi connectivity index (χ2v) is 11.5. The maximum atomic E-state index is 14.6. The number of nitrogens with zero attached hydrogens (tertiary/aromatic N) is 1. The zero-order valence-electron chi connectivity index (χ0n) is 23.8. The zero-order valence-corrected chi connectivity index (χ0v) is 23.8. The topological polar surface area (TPSA) is 88.1 Å². The van der Waals surface area contributed by atoms with Crippen LogP contribution in [0.3, 0.4) is 0 Å². The first-order chi connectivity index (χ1) is 19.1. The van der Waals surface area contributed by atoms with Crippen LogP contribution < -0.4 is 15.0 Å². The maximum absolute atomic E-state index is 14.6. The van der Waals surface area contributed by atoms with Crippen molar-refractivity contribution in [1.82, 2.24) is 0 Å². The van der Waals surface area contributed by atoms with Gasteiger partial charge in [0.15, 0.2) is 5.60 Å². The summed E-state index contributed by atoms with van der Waals surface area (Å²) in [6, 6.07) is 23.5. The highest BCUT2D eigenvalue weighted by atomic mass is 16.5. The van der Waals surface area contributed by atoms with Crippen molar-refractivity contribution in [2.75, 3.05) is 23.9 Å². The van der Waals surface area contributed by atoms with Crippen LogP contribution in [0, 0.1) is 11.8 Å². The highest BCUT2D eigenvalue weighted by molar-refractivity contribution is 6.08. The lowest BCUT2D eigenvalue weighted by Crippen LogP contribution is -2.45. The molecule has 0 unspecified atom stereocenters. The molecule has 3 aromatic carbocycles. The molecule has 2 amide bonds. The van der Waals surface area contributed by atoms with E-state index in [4.69, 9.17) is 9.47 Å². The van der Waals surface area contributed by atoms with Gasteiger partial charge < -0.3 is 24.8 Å². The highest BCUT2D eigenvalue weighted by Gasteiger charge is 2.65. The Hall–Kier alpha value is -3.68. The van der Waals surface area contributed by atoms with Crippen LogP contribution >= 0.6 is 0 Å². The number of nitrogens with one attached hydrogen (secondary N) is 1. The van der Waals surface area contributed by atoms with Crippen molar-refractivity contribution in [2.24, 2.45) is 11.8 Å². The van der Waals surface area contributed by atoms with E-state index in [9.17, 15) is 14.7 Å². The lowest BCUT2D eigenvalue weighted by molar-refractivity contribution is -0.146. The zero-order chi connectivity index (χ0) is 28.7. The van der Waals surface area contributed by atoms with Crippen LogP contribution in [0.4, 0.5) is 11.4 Å². The number of rotatable bonds is 8. The van der Waals surface area contributed by atoms with Crippen LogP contribution in [-0.2, 0) is 31.9 Å². The van der Waals surface area contributed by atoms with E-state index in [1.165, 1.54) is 6.92 Å². The van der Waals surface area contributed by atoms with Crippen molar-refractivity contribution < 1.29 is 24.2 Å². The second kappa shape index (κ2) is 10.7. The van der Waals surface area contributed by atoms with Gasteiger partial charge >= 0.3 is 0 Å². The molecule has 210 valence electrons. The van der Waals surface area contributed by atoms with Gasteiger partial charge in [0.05, 0.1) is 25.4 Å². The van der Waals surface area contributed by atoms with Crippen molar-refractivity contribution in [3.05, 3.63) is 89.5 Å². The quantitative estimate of drug-likeness (QED) is 0.398. The van der Waals surface area contributed by atoms with Gasteiger partial charge in [-0.25, -0.2) is 0 Å². The van der Waals surface area contributed by atoms with Crippen LogP contribution in [0.2, 0.25) is 0 Å². The van der Waals surface area contributed by atoms with Gasteiger partial charge in [0.1, 0.15) is 5.75 Å². The summed E-state index contributed by atoms with van der Waals surface area (Å²) in [6.07, 6.45) is 0.0400. The van der Waals surface area contributed by atoms with E-state index >= 15 is 0 Å². The lowest BCUT2D eigenvalue weighted by atomic mass is 9.63. The van der Waals surface area contributed by atoms with Crippen LogP contribution in [0.25, 0.3) is 0 Å². The van der Waals surface area contributed by atoms with Gasteiger partial charge in [-0.3, -0.25) is 9.59 Å². The normalized spacial score (nSPS) is 23.9. The lowest BCUT2D eigenvalue weighted by Gasteiger charge is -2.38. The molecule has 2 heterocycles. The Morgan fingerprint density at radius 2 is 1.80 bits per heavy atom. The number of ether oxygens (including phenoxy) is 2. The molecule has 2 N–H and O–H groups in total. The fourth-order valence-electron chi connectivity index (χ4n) is 6.91. The predicted octanol–water partition coefficient (Wildman–Crippen LogP) is 5.41. The molecule has 1 fully saturated rings. The van der Waals surface area contributed by atoms with Gasteiger partial charge in [0.25, 0.3) is 5.91 Å². The van der Waals surface area contributed by atoms with Crippen LogP contribution in [-0.4, -0.2) is 36.7 Å². The Labute approximate surface area is 236 Å². The van der Waals surface area contributed by atoms with Crippen LogP contribution in [0.1, 0.15) is 50.8 Å². The highest BCUT2D eigenvalue weighted by Crippen LogP contribution is 2.60. The molecule has 0 radical (unpaired) electrons. The molecule has 1 spiro atoms. The summed E-state index contributed by atoms with van der Waals surface area (Å²) in [6.45, 7) is 8.27. The largest absolute Gasteiger partial charge is 0.497 e. The monoisotopic (exact) mass is 542 g/mol. The molecule has 7 nitrogen and oxygen atoms in total. The van der Waals surface area contributed by atoms with Gasteiger partial charge in [-0.1, -0.05) is 63.2 Å². The number of methoxy groups -OCH3 is 1. The summed E-state index contributed by atoms with van der Waals surface area (Å²) >= 11 is 0. The molecule has 2 aliphatic heterocycles. The molecule has 3 aromatic rings. The Kier molecular flexibility index (Phi) is 7.46. The summed E-state index contributed by atoms with van der Waals surface area (Å²) < 4.78 is 12.3. The third-order valence-corrected chi connectivity index (χ3v) is 8.75. The second-order valence-electron chi connectivity index (χ2n) is 11.5. The minimum absolute atomic E-state index is 0.0522. The molecule has 5 rings (SSSR count). The van der Waals surface area contributed by atoms with Gasteiger partial charge in [-0.05, 0) is 53.3 Å². The fourth-order valence-corrected chi connectivity index (χ4v) is 6.91. The van der Waals surface area contributed by atoms with E-state index in [1.807, 2.05) is 60.7 Å². The number of fused-ring (bicyclic) bond motifs is 2. The van der Waals surface area contributed by atoms with Crippen molar-refractivity contribution in [3.63, 3.8) is 0 Å². The Morgan fingerprint density at radius 1 is 1.10 bits per heavy atom. The average molecular weight is 543 g/mol. The smallest absolute Gasteiger partial charge is 0.264 e. The summed E-state index contributed by atoms with van der Waals surface area (Å²) in [5.41, 5.74) is 2.62. The average Bonchev–Trinajstić information content (AvgIpc) is 3.36. The summed E-state index contributed by atoms with van der Waals surface area (Å²) in [5, 5.41) is 13.0.